The Balaban J connectivity index is 1.56. The van der Waals surface area contributed by atoms with Crippen molar-refractivity contribution in [2.45, 2.75) is 6.61 Å². The predicted molar refractivity (Wildman–Crippen MR) is 90.5 cm³/mol. The summed E-state index contributed by atoms with van der Waals surface area (Å²) in [4.78, 5) is 19.8. The number of nitrogens with zero attached hydrogens (tertiary/aromatic N) is 3. The van der Waals surface area contributed by atoms with Crippen LogP contribution in [0.1, 0.15) is 11.5 Å². The van der Waals surface area contributed by atoms with Gasteiger partial charge in [0, 0.05) is 28.5 Å². The fraction of sp³-hybridized carbons (Fsp3) is 0.0588. The van der Waals surface area contributed by atoms with E-state index in [9.17, 15) is 4.79 Å². The van der Waals surface area contributed by atoms with E-state index in [1.807, 2.05) is 30.3 Å². The van der Waals surface area contributed by atoms with Gasteiger partial charge in [0.2, 0.25) is 5.82 Å². The van der Waals surface area contributed by atoms with Gasteiger partial charge in [-0.05, 0) is 42.0 Å². The molecule has 3 aromatic rings. The summed E-state index contributed by atoms with van der Waals surface area (Å²) >= 11 is 3.36. The highest BCUT2D eigenvalue weighted by Gasteiger charge is 2.10. The quantitative estimate of drug-likeness (QED) is 0.492. The first-order valence-electron chi connectivity index (χ1n) is 7.04. The third-order valence-electron chi connectivity index (χ3n) is 3.00. The lowest BCUT2D eigenvalue weighted by Crippen LogP contribution is -2.01. The molecule has 0 aliphatic rings. The van der Waals surface area contributed by atoms with Crippen molar-refractivity contribution in [1.82, 2.24) is 15.1 Å². The highest BCUT2D eigenvalue weighted by atomic mass is 79.9. The van der Waals surface area contributed by atoms with Gasteiger partial charge in [-0.2, -0.15) is 4.98 Å². The molecule has 24 heavy (non-hydrogen) atoms. The second kappa shape index (κ2) is 7.65. The highest BCUT2D eigenvalue weighted by Crippen LogP contribution is 2.19. The summed E-state index contributed by atoms with van der Waals surface area (Å²) < 4.78 is 11.1. The van der Waals surface area contributed by atoms with Gasteiger partial charge in [0.1, 0.15) is 0 Å². The molecule has 2 aromatic heterocycles. The molecular weight excluding hydrogens is 374 g/mol. The molecule has 2 heterocycles. The summed E-state index contributed by atoms with van der Waals surface area (Å²) in [5.41, 5.74) is 1.63. The van der Waals surface area contributed by atoms with Gasteiger partial charge in [-0.15, -0.1) is 0 Å². The maximum Gasteiger partial charge on any atom is 0.331 e. The summed E-state index contributed by atoms with van der Waals surface area (Å²) in [5, 5.41) is 3.87. The van der Waals surface area contributed by atoms with Gasteiger partial charge in [0.15, 0.2) is 6.61 Å². The van der Waals surface area contributed by atoms with Crippen LogP contribution in [0.2, 0.25) is 0 Å². The van der Waals surface area contributed by atoms with Crippen LogP contribution < -0.4 is 0 Å². The van der Waals surface area contributed by atoms with Gasteiger partial charge in [0.05, 0.1) is 0 Å². The van der Waals surface area contributed by atoms with Crippen LogP contribution in [0.15, 0.2) is 63.9 Å². The molecule has 0 saturated heterocycles. The zero-order valence-electron chi connectivity index (χ0n) is 12.4. The SMILES string of the molecule is O=C(C=Cc1cccnc1)OCc1nc(-c2ccc(Br)cc2)no1. The van der Waals surface area contributed by atoms with Gasteiger partial charge in [0.25, 0.3) is 5.89 Å². The molecule has 1 aromatic carbocycles. The molecule has 0 aliphatic carbocycles. The number of ether oxygens (including phenoxy) is 1. The van der Waals surface area contributed by atoms with Crippen molar-refractivity contribution in [2.75, 3.05) is 0 Å². The molecule has 0 bridgehead atoms. The smallest absolute Gasteiger partial charge is 0.331 e. The van der Waals surface area contributed by atoms with E-state index in [4.69, 9.17) is 9.26 Å². The Morgan fingerprint density at radius 3 is 2.83 bits per heavy atom. The van der Waals surface area contributed by atoms with Crippen molar-refractivity contribution in [1.29, 1.82) is 0 Å². The fourth-order valence-electron chi connectivity index (χ4n) is 1.85. The zero-order chi connectivity index (χ0) is 16.8. The highest BCUT2D eigenvalue weighted by molar-refractivity contribution is 9.10. The maximum atomic E-state index is 11.7. The van der Waals surface area contributed by atoms with Crippen molar-refractivity contribution in [3.63, 3.8) is 0 Å². The van der Waals surface area contributed by atoms with Crippen LogP contribution in [0, 0.1) is 0 Å². The van der Waals surface area contributed by atoms with Crippen LogP contribution in [0.4, 0.5) is 0 Å². The number of halogens is 1. The van der Waals surface area contributed by atoms with Gasteiger partial charge in [-0.3, -0.25) is 4.98 Å². The first-order chi connectivity index (χ1) is 11.7. The van der Waals surface area contributed by atoms with Crippen LogP contribution in [-0.2, 0) is 16.1 Å². The van der Waals surface area contributed by atoms with Crippen molar-refractivity contribution < 1.29 is 14.1 Å². The molecule has 7 heteroatoms. The van der Waals surface area contributed by atoms with Gasteiger partial charge < -0.3 is 9.26 Å². The van der Waals surface area contributed by atoms with Crippen LogP contribution >= 0.6 is 15.9 Å². The zero-order valence-corrected chi connectivity index (χ0v) is 14.0. The lowest BCUT2D eigenvalue weighted by molar-refractivity contribution is -0.139. The van der Waals surface area contributed by atoms with E-state index in [-0.39, 0.29) is 12.5 Å². The summed E-state index contributed by atoms with van der Waals surface area (Å²) in [6.45, 7) is -0.0836. The maximum absolute atomic E-state index is 11.7. The number of rotatable bonds is 5. The Labute approximate surface area is 146 Å². The van der Waals surface area contributed by atoms with Gasteiger partial charge in [-0.25, -0.2) is 4.79 Å². The van der Waals surface area contributed by atoms with Crippen molar-refractivity contribution in [3.05, 3.63) is 70.8 Å². The number of esters is 1. The molecule has 120 valence electrons. The Morgan fingerprint density at radius 1 is 1.25 bits per heavy atom. The van der Waals surface area contributed by atoms with Crippen LogP contribution in [0.3, 0.4) is 0 Å². The second-order valence-electron chi connectivity index (χ2n) is 4.75. The number of pyridine rings is 1. The van der Waals surface area contributed by atoms with E-state index in [2.05, 4.69) is 31.1 Å². The summed E-state index contributed by atoms with van der Waals surface area (Å²) in [7, 11) is 0. The Morgan fingerprint density at radius 2 is 2.08 bits per heavy atom. The first kappa shape index (κ1) is 16.1. The molecule has 0 aliphatic heterocycles. The lowest BCUT2D eigenvalue weighted by Gasteiger charge is -1.96. The van der Waals surface area contributed by atoms with E-state index >= 15 is 0 Å². The molecule has 3 rings (SSSR count). The lowest BCUT2D eigenvalue weighted by atomic mass is 10.2. The minimum atomic E-state index is -0.498. The third-order valence-corrected chi connectivity index (χ3v) is 3.53. The molecule has 0 amide bonds. The molecule has 0 radical (unpaired) electrons. The third kappa shape index (κ3) is 4.36. The molecule has 0 fully saturated rings. The van der Waals surface area contributed by atoms with E-state index in [1.54, 1.807) is 24.5 Å². The number of carbonyl (C=O) groups is 1. The van der Waals surface area contributed by atoms with E-state index in [0.29, 0.717) is 5.82 Å². The monoisotopic (exact) mass is 385 g/mol. The van der Waals surface area contributed by atoms with E-state index < -0.39 is 5.97 Å². The minimum absolute atomic E-state index is 0.0836. The standard InChI is InChI=1S/C17H12BrN3O3/c18-14-6-4-13(5-7-14)17-20-15(24-21-17)11-23-16(22)8-3-12-2-1-9-19-10-12/h1-10H,11H2. The van der Waals surface area contributed by atoms with Crippen molar-refractivity contribution >= 4 is 28.0 Å². The summed E-state index contributed by atoms with van der Waals surface area (Å²) in [5.74, 6) is 0.178. The molecule has 6 nitrogen and oxygen atoms in total. The summed E-state index contributed by atoms with van der Waals surface area (Å²) in [6.07, 6.45) is 6.25. The van der Waals surface area contributed by atoms with Crippen LogP contribution in [0.25, 0.3) is 17.5 Å². The van der Waals surface area contributed by atoms with Gasteiger partial charge >= 0.3 is 5.97 Å². The minimum Gasteiger partial charge on any atom is -0.452 e. The number of aromatic nitrogens is 3. The average molecular weight is 386 g/mol. The Bertz CT molecular complexity index is 845. The fourth-order valence-corrected chi connectivity index (χ4v) is 2.11. The molecule has 0 atom stereocenters. The normalized spacial score (nSPS) is 10.9. The van der Waals surface area contributed by atoms with E-state index in [0.717, 1.165) is 15.6 Å². The van der Waals surface area contributed by atoms with E-state index in [1.165, 1.54) is 6.08 Å². The second-order valence-corrected chi connectivity index (χ2v) is 5.66. The predicted octanol–water partition coefficient (Wildman–Crippen LogP) is 3.65. The number of hydrogen-bond donors (Lipinski definition) is 0. The van der Waals surface area contributed by atoms with Crippen LogP contribution in [-0.4, -0.2) is 21.1 Å². The number of benzene rings is 1. The van der Waals surface area contributed by atoms with Crippen molar-refractivity contribution in [2.24, 2.45) is 0 Å². The molecule has 0 saturated carbocycles. The Kier molecular flexibility index (Phi) is 5.12. The van der Waals surface area contributed by atoms with Gasteiger partial charge in [-0.1, -0.05) is 27.2 Å². The number of hydrogen-bond acceptors (Lipinski definition) is 6. The topological polar surface area (TPSA) is 78.1 Å². The number of carbonyl (C=O) groups excluding carboxylic acids is 1. The molecular formula is C17H12BrN3O3. The molecule has 0 spiro atoms. The van der Waals surface area contributed by atoms with Crippen LogP contribution in [0.5, 0.6) is 0 Å². The summed E-state index contributed by atoms with van der Waals surface area (Å²) in [6, 6.07) is 11.1. The molecule has 0 N–H and O–H groups in total. The first-order valence-corrected chi connectivity index (χ1v) is 7.83. The largest absolute Gasteiger partial charge is 0.452 e. The molecule has 0 unspecified atom stereocenters. The Hall–Kier alpha value is -2.80. The average Bonchev–Trinajstić information content (AvgIpc) is 3.09. The van der Waals surface area contributed by atoms with Crippen molar-refractivity contribution in [3.8, 4) is 11.4 Å².